The van der Waals surface area contributed by atoms with Crippen molar-refractivity contribution in [1.82, 2.24) is 0 Å². The number of amides is 1. The molecule has 1 amide bonds. The maximum atomic E-state index is 12.1. The molecule has 1 aliphatic rings. The first-order valence-electron chi connectivity index (χ1n) is 5.79. The van der Waals surface area contributed by atoms with Gasteiger partial charge in [-0.25, -0.2) is 0 Å². The summed E-state index contributed by atoms with van der Waals surface area (Å²) in [4.78, 5) is 23.3. The Balaban J connectivity index is 2.13. The van der Waals surface area contributed by atoms with Gasteiger partial charge < -0.3 is 10.4 Å². The second kappa shape index (κ2) is 5.67. The van der Waals surface area contributed by atoms with Crippen LogP contribution in [0.15, 0.2) is 23.6 Å². The van der Waals surface area contributed by atoms with Gasteiger partial charge in [-0.05, 0) is 24.3 Å². The van der Waals surface area contributed by atoms with E-state index in [2.05, 4.69) is 5.32 Å². The molecule has 0 aliphatic heterocycles. The molecule has 2 rings (SSSR count). The Morgan fingerprint density at radius 3 is 2.68 bits per heavy atom. The van der Waals surface area contributed by atoms with Gasteiger partial charge in [0.25, 0.3) is 0 Å². The number of rotatable bonds is 3. The molecule has 0 fully saturated rings. The fraction of sp³-hybridized carbons (Fsp3) is 0.308. The molecule has 1 aliphatic carbocycles. The molecule has 5 nitrogen and oxygen atoms in total. The van der Waals surface area contributed by atoms with Gasteiger partial charge in [-0.15, -0.1) is 11.3 Å². The summed E-state index contributed by atoms with van der Waals surface area (Å²) >= 11 is 1.26. The van der Waals surface area contributed by atoms with E-state index in [0.29, 0.717) is 23.4 Å². The third-order valence-electron chi connectivity index (χ3n) is 3.11. The zero-order valence-electron chi connectivity index (χ0n) is 10.00. The zero-order valence-corrected chi connectivity index (χ0v) is 10.8. The highest BCUT2D eigenvalue weighted by Crippen LogP contribution is 2.29. The van der Waals surface area contributed by atoms with Crippen LogP contribution in [0, 0.1) is 23.2 Å². The maximum Gasteiger partial charge on any atom is 0.307 e. The molecule has 1 heterocycles. The largest absolute Gasteiger partial charge is 0.481 e. The third kappa shape index (κ3) is 2.83. The Morgan fingerprint density at radius 1 is 1.37 bits per heavy atom. The Bertz CT molecular complexity index is 571. The van der Waals surface area contributed by atoms with Crippen LogP contribution in [0.4, 0.5) is 5.00 Å². The predicted octanol–water partition coefficient (Wildman–Crippen LogP) is 2.23. The number of carboxylic acid groups (broad SMARTS) is 1. The van der Waals surface area contributed by atoms with Gasteiger partial charge in [0.2, 0.25) is 5.91 Å². The quantitative estimate of drug-likeness (QED) is 0.828. The molecular formula is C13H12N2O3S. The SMILES string of the molecule is N#Cc1ccsc1NC(=O)[C@H]1CC=CC[C@@H]1C(=O)O. The van der Waals surface area contributed by atoms with E-state index in [9.17, 15) is 9.59 Å². The average molecular weight is 276 g/mol. The molecule has 1 aromatic heterocycles. The Morgan fingerprint density at radius 2 is 2.05 bits per heavy atom. The maximum absolute atomic E-state index is 12.1. The van der Waals surface area contributed by atoms with Crippen molar-refractivity contribution in [2.45, 2.75) is 12.8 Å². The molecule has 98 valence electrons. The smallest absolute Gasteiger partial charge is 0.307 e. The molecule has 19 heavy (non-hydrogen) atoms. The van der Waals surface area contributed by atoms with Gasteiger partial charge in [-0.2, -0.15) is 5.26 Å². The fourth-order valence-corrected chi connectivity index (χ4v) is 2.82. The standard InChI is InChI=1S/C13H12N2O3S/c14-7-8-5-6-19-12(8)15-11(16)9-3-1-2-4-10(9)13(17)18/h1-2,5-6,9-10H,3-4H2,(H,15,16)(H,17,18)/t9-,10-/m0/s1. The average Bonchev–Trinajstić information content (AvgIpc) is 2.85. The number of allylic oxidation sites excluding steroid dienone is 2. The second-order valence-electron chi connectivity index (χ2n) is 4.26. The third-order valence-corrected chi connectivity index (χ3v) is 3.94. The Labute approximate surface area is 114 Å². The van der Waals surface area contributed by atoms with Crippen molar-refractivity contribution in [2.24, 2.45) is 11.8 Å². The number of thiophene rings is 1. The predicted molar refractivity (Wildman–Crippen MR) is 70.7 cm³/mol. The molecule has 0 aromatic carbocycles. The summed E-state index contributed by atoms with van der Waals surface area (Å²) in [6.07, 6.45) is 4.39. The van der Waals surface area contributed by atoms with Crippen LogP contribution in [-0.2, 0) is 9.59 Å². The highest BCUT2D eigenvalue weighted by molar-refractivity contribution is 7.14. The number of hydrogen-bond donors (Lipinski definition) is 2. The van der Waals surface area contributed by atoms with E-state index in [4.69, 9.17) is 10.4 Å². The van der Waals surface area contributed by atoms with Crippen molar-refractivity contribution in [2.75, 3.05) is 5.32 Å². The minimum Gasteiger partial charge on any atom is -0.481 e. The summed E-state index contributed by atoms with van der Waals surface area (Å²) in [7, 11) is 0. The fourth-order valence-electron chi connectivity index (χ4n) is 2.08. The minimum atomic E-state index is -0.962. The van der Waals surface area contributed by atoms with E-state index in [1.807, 2.05) is 12.1 Å². The molecule has 6 heteroatoms. The van der Waals surface area contributed by atoms with Crippen LogP contribution < -0.4 is 5.32 Å². The summed E-state index contributed by atoms with van der Waals surface area (Å²) in [6.45, 7) is 0. The number of nitriles is 1. The number of anilines is 1. The van der Waals surface area contributed by atoms with Crippen molar-refractivity contribution < 1.29 is 14.7 Å². The minimum absolute atomic E-state index is 0.337. The number of nitrogens with one attached hydrogen (secondary N) is 1. The molecule has 0 saturated carbocycles. The van der Waals surface area contributed by atoms with E-state index in [1.165, 1.54) is 11.3 Å². The summed E-state index contributed by atoms with van der Waals surface area (Å²) in [6, 6.07) is 3.60. The lowest BCUT2D eigenvalue weighted by Gasteiger charge is -2.23. The van der Waals surface area contributed by atoms with Crippen molar-refractivity contribution >= 4 is 28.2 Å². The summed E-state index contributed by atoms with van der Waals surface area (Å²) in [5.74, 6) is -2.58. The number of nitrogens with zero attached hydrogens (tertiary/aromatic N) is 1. The van der Waals surface area contributed by atoms with Crippen LogP contribution in [-0.4, -0.2) is 17.0 Å². The number of carbonyl (C=O) groups is 2. The molecule has 2 atom stereocenters. The van der Waals surface area contributed by atoms with Gasteiger partial charge in [0.1, 0.15) is 11.1 Å². The first-order chi connectivity index (χ1) is 9.13. The Hall–Kier alpha value is -2.13. The molecule has 0 unspecified atom stereocenters. The highest BCUT2D eigenvalue weighted by atomic mass is 32.1. The number of carbonyl (C=O) groups excluding carboxylic acids is 1. The summed E-state index contributed by atoms with van der Waals surface area (Å²) in [5, 5.41) is 22.8. The van der Waals surface area contributed by atoms with E-state index >= 15 is 0 Å². The zero-order chi connectivity index (χ0) is 13.8. The van der Waals surface area contributed by atoms with Gasteiger partial charge in [0.05, 0.1) is 17.4 Å². The van der Waals surface area contributed by atoms with E-state index < -0.39 is 17.8 Å². The summed E-state index contributed by atoms with van der Waals surface area (Å²) in [5.41, 5.74) is 0.400. The van der Waals surface area contributed by atoms with Crippen LogP contribution in [0.1, 0.15) is 18.4 Å². The van der Waals surface area contributed by atoms with Crippen LogP contribution >= 0.6 is 11.3 Å². The van der Waals surface area contributed by atoms with Crippen molar-refractivity contribution in [3.05, 3.63) is 29.2 Å². The van der Waals surface area contributed by atoms with Gasteiger partial charge in [-0.3, -0.25) is 9.59 Å². The van der Waals surface area contributed by atoms with Crippen LogP contribution in [0.25, 0.3) is 0 Å². The lowest BCUT2D eigenvalue weighted by Crippen LogP contribution is -2.34. The van der Waals surface area contributed by atoms with E-state index in [0.717, 1.165) is 0 Å². The number of carboxylic acids is 1. The summed E-state index contributed by atoms with van der Waals surface area (Å²) < 4.78 is 0. The number of aliphatic carboxylic acids is 1. The lowest BCUT2D eigenvalue weighted by molar-refractivity contribution is -0.146. The first kappa shape index (κ1) is 13.3. The molecule has 2 N–H and O–H groups in total. The second-order valence-corrected chi connectivity index (χ2v) is 5.17. The molecule has 0 radical (unpaired) electrons. The van der Waals surface area contributed by atoms with Gasteiger partial charge in [0.15, 0.2) is 0 Å². The van der Waals surface area contributed by atoms with Crippen LogP contribution in [0.2, 0.25) is 0 Å². The monoisotopic (exact) mass is 276 g/mol. The molecule has 0 saturated heterocycles. The van der Waals surface area contributed by atoms with E-state index in [-0.39, 0.29) is 5.91 Å². The van der Waals surface area contributed by atoms with Gasteiger partial charge in [0, 0.05) is 0 Å². The Kier molecular flexibility index (Phi) is 3.97. The lowest BCUT2D eigenvalue weighted by atomic mass is 9.82. The molecular weight excluding hydrogens is 264 g/mol. The molecule has 0 spiro atoms. The molecule has 1 aromatic rings. The van der Waals surface area contributed by atoms with Crippen LogP contribution in [0.3, 0.4) is 0 Å². The van der Waals surface area contributed by atoms with E-state index in [1.54, 1.807) is 17.5 Å². The van der Waals surface area contributed by atoms with Crippen molar-refractivity contribution in [1.29, 1.82) is 5.26 Å². The first-order valence-corrected chi connectivity index (χ1v) is 6.67. The normalized spacial score (nSPS) is 21.6. The van der Waals surface area contributed by atoms with Gasteiger partial charge in [-0.1, -0.05) is 12.2 Å². The number of hydrogen-bond acceptors (Lipinski definition) is 4. The van der Waals surface area contributed by atoms with Crippen molar-refractivity contribution in [3.8, 4) is 6.07 Å². The van der Waals surface area contributed by atoms with Crippen molar-refractivity contribution in [3.63, 3.8) is 0 Å². The highest BCUT2D eigenvalue weighted by Gasteiger charge is 2.34. The van der Waals surface area contributed by atoms with Crippen LogP contribution in [0.5, 0.6) is 0 Å². The molecule has 0 bridgehead atoms. The van der Waals surface area contributed by atoms with Gasteiger partial charge >= 0.3 is 5.97 Å². The topological polar surface area (TPSA) is 90.2 Å².